The maximum atomic E-state index is 12.4. The number of carbonyl (C=O) groups is 1. The van der Waals surface area contributed by atoms with E-state index in [1.807, 2.05) is 31.2 Å². The lowest BCUT2D eigenvalue weighted by atomic mass is 10.0. The molecule has 1 aromatic carbocycles. The van der Waals surface area contributed by atoms with E-state index in [2.05, 4.69) is 24.1 Å². The summed E-state index contributed by atoms with van der Waals surface area (Å²) in [6.07, 6.45) is 1.31. The summed E-state index contributed by atoms with van der Waals surface area (Å²) in [6, 6.07) is 8.45. The molecule has 1 aromatic rings. The Labute approximate surface area is 132 Å². The number of morpholine rings is 1. The van der Waals surface area contributed by atoms with Crippen molar-refractivity contribution in [2.75, 3.05) is 19.7 Å². The summed E-state index contributed by atoms with van der Waals surface area (Å²) in [4.78, 5) is 14.9. The topological polar surface area (TPSA) is 41.6 Å². The van der Waals surface area contributed by atoms with Crippen LogP contribution in [-0.2, 0) is 4.74 Å². The fourth-order valence-electron chi connectivity index (χ4n) is 3.46. The molecule has 1 amide bonds. The highest BCUT2D eigenvalue weighted by Crippen LogP contribution is 2.26. The highest BCUT2D eigenvalue weighted by atomic mass is 16.5. The molecule has 2 aliphatic rings. The normalized spacial score (nSPS) is 28.6. The second kappa shape index (κ2) is 6.39. The van der Waals surface area contributed by atoms with Crippen LogP contribution < -0.4 is 5.32 Å². The van der Waals surface area contributed by atoms with Gasteiger partial charge >= 0.3 is 0 Å². The molecule has 2 aliphatic heterocycles. The molecule has 0 spiro atoms. The predicted octanol–water partition coefficient (Wildman–Crippen LogP) is 2.22. The minimum Gasteiger partial charge on any atom is -0.375 e. The molecule has 120 valence electrons. The molecule has 4 nitrogen and oxygen atoms in total. The number of hydrogen-bond acceptors (Lipinski definition) is 3. The number of ether oxygens (including phenoxy) is 1. The fraction of sp³-hybridized carbons (Fsp3) is 0.611. The largest absolute Gasteiger partial charge is 0.375 e. The lowest BCUT2D eigenvalue weighted by molar-refractivity contribution is -0.0683. The van der Waals surface area contributed by atoms with Gasteiger partial charge in [0.15, 0.2) is 0 Å². The van der Waals surface area contributed by atoms with E-state index in [0.717, 1.165) is 37.2 Å². The first kappa shape index (κ1) is 15.5. The summed E-state index contributed by atoms with van der Waals surface area (Å²) in [5.41, 5.74) is 1.87. The van der Waals surface area contributed by atoms with Crippen molar-refractivity contribution >= 4 is 5.91 Å². The summed E-state index contributed by atoms with van der Waals surface area (Å²) in [7, 11) is 0. The number of nitrogens with one attached hydrogen (secondary N) is 1. The molecule has 0 saturated carbocycles. The van der Waals surface area contributed by atoms with Gasteiger partial charge in [-0.05, 0) is 31.4 Å². The van der Waals surface area contributed by atoms with Gasteiger partial charge in [0.25, 0.3) is 5.91 Å². The first-order valence-electron chi connectivity index (χ1n) is 8.26. The number of hydrogen-bond donors (Lipinski definition) is 1. The maximum Gasteiger partial charge on any atom is 0.251 e. The van der Waals surface area contributed by atoms with Gasteiger partial charge in [-0.25, -0.2) is 0 Å². The zero-order valence-electron chi connectivity index (χ0n) is 13.7. The van der Waals surface area contributed by atoms with E-state index in [1.165, 1.54) is 0 Å². The Balaban J connectivity index is 1.58. The van der Waals surface area contributed by atoms with E-state index in [4.69, 9.17) is 4.74 Å². The molecule has 0 radical (unpaired) electrons. The summed E-state index contributed by atoms with van der Waals surface area (Å²) >= 11 is 0. The Morgan fingerprint density at radius 2 is 2.18 bits per heavy atom. The number of carbonyl (C=O) groups excluding carboxylic acids is 1. The van der Waals surface area contributed by atoms with E-state index in [1.54, 1.807) is 0 Å². The molecule has 1 N–H and O–H groups in total. The van der Waals surface area contributed by atoms with Gasteiger partial charge < -0.3 is 10.1 Å². The third kappa shape index (κ3) is 3.33. The maximum absolute atomic E-state index is 12.4. The van der Waals surface area contributed by atoms with Crippen LogP contribution in [0.3, 0.4) is 0 Å². The van der Waals surface area contributed by atoms with E-state index in [9.17, 15) is 4.79 Å². The summed E-state index contributed by atoms with van der Waals surface area (Å²) in [6.45, 7) is 9.14. The first-order chi connectivity index (χ1) is 10.5. The standard InChI is InChI=1S/C18H26N2O2/c1-12(2)17-10-20-9-15(8-16(20)11-22-17)19-18(21)14-6-4-5-13(3)7-14/h4-7,12,15-17H,8-11H2,1-3H3,(H,19,21)/t15-,16-,17+/m0/s1. The van der Waals surface area contributed by atoms with Crippen molar-refractivity contribution in [2.24, 2.45) is 5.92 Å². The van der Waals surface area contributed by atoms with Crippen molar-refractivity contribution in [1.29, 1.82) is 0 Å². The minimum absolute atomic E-state index is 0.0369. The van der Waals surface area contributed by atoms with E-state index >= 15 is 0 Å². The summed E-state index contributed by atoms with van der Waals surface area (Å²) < 4.78 is 5.95. The molecule has 0 aromatic heterocycles. The van der Waals surface area contributed by atoms with Crippen LogP contribution in [0.5, 0.6) is 0 Å². The molecule has 2 saturated heterocycles. The van der Waals surface area contributed by atoms with Gasteiger partial charge in [0.05, 0.1) is 12.7 Å². The van der Waals surface area contributed by atoms with Crippen LogP contribution in [0.15, 0.2) is 24.3 Å². The van der Waals surface area contributed by atoms with Gasteiger partial charge in [0.2, 0.25) is 0 Å². The summed E-state index contributed by atoms with van der Waals surface area (Å²) in [5, 5.41) is 3.19. The number of rotatable bonds is 3. The quantitative estimate of drug-likeness (QED) is 0.931. The van der Waals surface area contributed by atoms with Gasteiger partial charge in [-0.3, -0.25) is 9.69 Å². The summed E-state index contributed by atoms with van der Waals surface area (Å²) in [5.74, 6) is 0.580. The van der Waals surface area contributed by atoms with E-state index in [0.29, 0.717) is 18.1 Å². The van der Waals surface area contributed by atoms with Crippen molar-refractivity contribution < 1.29 is 9.53 Å². The molecule has 0 aliphatic carbocycles. The van der Waals surface area contributed by atoms with Gasteiger partial charge in [0.1, 0.15) is 0 Å². The van der Waals surface area contributed by atoms with Crippen molar-refractivity contribution in [1.82, 2.24) is 10.2 Å². The average molecular weight is 302 g/mol. The van der Waals surface area contributed by atoms with Crippen LogP contribution >= 0.6 is 0 Å². The van der Waals surface area contributed by atoms with Gasteiger partial charge in [0, 0.05) is 30.7 Å². The SMILES string of the molecule is Cc1cccc(C(=O)N[C@H]2C[C@H]3CO[C@@H](C(C)C)CN3C2)c1. The second-order valence-corrected chi connectivity index (χ2v) is 7.00. The Hall–Kier alpha value is -1.39. The first-order valence-corrected chi connectivity index (χ1v) is 8.26. The minimum atomic E-state index is 0.0369. The molecule has 4 heteroatoms. The van der Waals surface area contributed by atoms with Crippen LogP contribution in [0.25, 0.3) is 0 Å². The third-order valence-corrected chi connectivity index (χ3v) is 4.80. The van der Waals surface area contributed by atoms with E-state index < -0.39 is 0 Å². The van der Waals surface area contributed by atoms with Crippen molar-refractivity contribution in [3.63, 3.8) is 0 Å². The van der Waals surface area contributed by atoms with Gasteiger partial charge in [-0.1, -0.05) is 31.5 Å². The Morgan fingerprint density at radius 3 is 2.91 bits per heavy atom. The second-order valence-electron chi connectivity index (χ2n) is 7.00. The number of benzene rings is 1. The molecular weight excluding hydrogens is 276 g/mol. The Kier molecular flexibility index (Phi) is 4.50. The monoisotopic (exact) mass is 302 g/mol. The average Bonchev–Trinajstić information content (AvgIpc) is 2.88. The molecular formula is C18H26N2O2. The van der Waals surface area contributed by atoms with Gasteiger partial charge in [-0.2, -0.15) is 0 Å². The molecule has 22 heavy (non-hydrogen) atoms. The highest BCUT2D eigenvalue weighted by Gasteiger charge is 2.38. The van der Waals surface area contributed by atoms with Crippen LogP contribution in [0.1, 0.15) is 36.2 Å². The van der Waals surface area contributed by atoms with Gasteiger partial charge in [-0.15, -0.1) is 0 Å². The lowest BCUT2D eigenvalue weighted by Gasteiger charge is -2.36. The Bertz CT molecular complexity index is 544. The van der Waals surface area contributed by atoms with E-state index in [-0.39, 0.29) is 11.9 Å². The van der Waals surface area contributed by atoms with Crippen LogP contribution in [-0.4, -0.2) is 48.7 Å². The smallest absolute Gasteiger partial charge is 0.251 e. The van der Waals surface area contributed by atoms with Crippen molar-refractivity contribution in [2.45, 2.75) is 45.4 Å². The van der Waals surface area contributed by atoms with Crippen molar-refractivity contribution in [3.05, 3.63) is 35.4 Å². The van der Waals surface area contributed by atoms with Crippen LogP contribution in [0.4, 0.5) is 0 Å². The number of amides is 1. The third-order valence-electron chi connectivity index (χ3n) is 4.80. The molecule has 2 heterocycles. The van der Waals surface area contributed by atoms with Crippen molar-refractivity contribution in [3.8, 4) is 0 Å². The molecule has 2 fully saturated rings. The predicted molar refractivity (Wildman–Crippen MR) is 87.0 cm³/mol. The van der Waals surface area contributed by atoms with Crippen LogP contribution in [0.2, 0.25) is 0 Å². The number of fused-ring (bicyclic) bond motifs is 1. The molecule has 0 unspecified atom stereocenters. The number of aryl methyl sites for hydroxylation is 1. The highest BCUT2D eigenvalue weighted by molar-refractivity contribution is 5.94. The Morgan fingerprint density at radius 1 is 1.36 bits per heavy atom. The molecule has 3 atom stereocenters. The molecule has 0 bridgehead atoms. The zero-order valence-corrected chi connectivity index (χ0v) is 13.7. The fourth-order valence-corrected chi connectivity index (χ4v) is 3.46. The number of nitrogens with zero attached hydrogens (tertiary/aromatic N) is 1. The van der Waals surface area contributed by atoms with Crippen LogP contribution in [0, 0.1) is 12.8 Å². The zero-order chi connectivity index (χ0) is 15.7. The lowest BCUT2D eigenvalue weighted by Crippen LogP contribution is -2.48. The molecule has 3 rings (SSSR count).